The van der Waals surface area contributed by atoms with E-state index < -0.39 is 35.8 Å². The molecule has 3 amide bonds. The number of amides is 3. The molecule has 2 aromatic carbocycles. The Morgan fingerprint density at radius 2 is 1.52 bits per heavy atom. The molecular weight excluding hydrogens is 606 g/mol. The van der Waals surface area contributed by atoms with Crippen LogP contribution < -0.4 is 20.7 Å². The number of alkyl carbamates (subject to hydrolysis) is 1. The molecule has 0 heterocycles. The molecule has 2 rings (SSSR count). The molecule has 0 bridgehead atoms. The molecule has 2 atom stereocenters. The number of rotatable bonds is 12. The van der Waals surface area contributed by atoms with Crippen LogP contribution in [0.4, 0.5) is 9.59 Å². The summed E-state index contributed by atoms with van der Waals surface area (Å²) in [6.07, 6.45) is -1.41. The topological polar surface area (TPSA) is 132 Å². The van der Waals surface area contributed by atoms with Crippen LogP contribution in [0.3, 0.4) is 0 Å². The SMILES string of the molecule is CC(C)CNC(=O)[C@H](Cc1ccc(OC(=O)OCc2ccccc2Br)cc1)NC(=O)[C@@H](NC(=O)OC(C)(C)C)C(C)C. The number of ether oxygens (including phenoxy) is 3. The van der Waals surface area contributed by atoms with Crippen molar-refractivity contribution in [3.63, 3.8) is 0 Å². The Hall–Kier alpha value is -3.60. The number of nitrogens with one attached hydrogen (secondary N) is 3. The van der Waals surface area contributed by atoms with Gasteiger partial charge in [0.25, 0.3) is 0 Å². The molecule has 230 valence electrons. The maximum atomic E-state index is 13.3. The molecule has 0 aliphatic heterocycles. The first kappa shape index (κ1) is 34.6. The van der Waals surface area contributed by atoms with Crippen LogP contribution in [0, 0.1) is 11.8 Å². The van der Waals surface area contributed by atoms with Crippen molar-refractivity contribution in [2.24, 2.45) is 11.8 Å². The average Bonchev–Trinajstić information content (AvgIpc) is 2.89. The molecule has 11 heteroatoms. The lowest BCUT2D eigenvalue weighted by Crippen LogP contribution is -2.56. The number of carbonyl (C=O) groups excluding carboxylic acids is 4. The molecule has 0 spiro atoms. The molecule has 0 unspecified atom stereocenters. The molecule has 0 fully saturated rings. The first-order chi connectivity index (χ1) is 19.6. The highest BCUT2D eigenvalue weighted by atomic mass is 79.9. The number of hydrogen-bond acceptors (Lipinski definition) is 7. The highest BCUT2D eigenvalue weighted by molar-refractivity contribution is 9.10. The Labute approximate surface area is 256 Å². The summed E-state index contributed by atoms with van der Waals surface area (Å²) in [5.74, 6) is -0.652. The fraction of sp³-hybridized carbons (Fsp3) is 0.484. The third-order valence-electron chi connectivity index (χ3n) is 5.81. The summed E-state index contributed by atoms with van der Waals surface area (Å²) in [5, 5.41) is 8.27. The highest BCUT2D eigenvalue weighted by Gasteiger charge is 2.30. The van der Waals surface area contributed by atoms with E-state index >= 15 is 0 Å². The summed E-state index contributed by atoms with van der Waals surface area (Å²) in [4.78, 5) is 50.9. The van der Waals surface area contributed by atoms with Crippen molar-refractivity contribution < 1.29 is 33.4 Å². The Bertz CT molecular complexity index is 1210. The van der Waals surface area contributed by atoms with Crippen molar-refractivity contribution in [1.29, 1.82) is 0 Å². The van der Waals surface area contributed by atoms with E-state index in [2.05, 4.69) is 31.9 Å². The summed E-state index contributed by atoms with van der Waals surface area (Å²) >= 11 is 3.41. The standard InChI is InChI=1S/C31H42BrN3O7/c1-19(2)17-33-27(36)25(34-28(37)26(20(3)4)35-29(38)42-31(5,6)7)16-21-12-14-23(15-13-21)41-30(39)40-18-22-10-8-9-11-24(22)32/h8-15,19-20,25-26H,16-18H2,1-7H3,(H,33,36)(H,34,37)(H,35,38)/t25-,26-/m0/s1. The second-order valence-corrected chi connectivity index (χ2v) is 12.5. The van der Waals surface area contributed by atoms with E-state index in [-0.39, 0.29) is 36.5 Å². The number of benzene rings is 2. The highest BCUT2D eigenvalue weighted by Crippen LogP contribution is 2.18. The number of hydrogen-bond donors (Lipinski definition) is 3. The largest absolute Gasteiger partial charge is 0.514 e. The quantitative estimate of drug-likeness (QED) is 0.204. The molecule has 3 N–H and O–H groups in total. The zero-order valence-corrected chi connectivity index (χ0v) is 26.9. The smallest absolute Gasteiger partial charge is 0.444 e. The van der Waals surface area contributed by atoms with Crippen molar-refractivity contribution in [3.05, 3.63) is 64.1 Å². The van der Waals surface area contributed by atoms with Gasteiger partial charge in [0.2, 0.25) is 11.8 Å². The van der Waals surface area contributed by atoms with Gasteiger partial charge < -0.3 is 30.2 Å². The van der Waals surface area contributed by atoms with Gasteiger partial charge in [-0.1, -0.05) is 74.0 Å². The van der Waals surface area contributed by atoms with E-state index in [9.17, 15) is 19.2 Å². The normalized spacial score (nSPS) is 12.7. The van der Waals surface area contributed by atoms with Gasteiger partial charge in [-0.2, -0.15) is 0 Å². The molecule has 2 aromatic rings. The molecule has 0 aliphatic carbocycles. The van der Waals surface area contributed by atoms with Crippen molar-refractivity contribution in [2.75, 3.05) is 6.54 Å². The van der Waals surface area contributed by atoms with Crippen molar-refractivity contribution in [3.8, 4) is 5.75 Å². The first-order valence-corrected chi connectivity index (χ1v) is 14.7. The van der Waals surface area contributed by atoms with E-state index in [1.165, 1.54) is 0 Å². The van der Waals surface area contributed by atoms with Crippen LogP contribution in [0.25, 0.3) is 0 Å². The fourth-order valence-corrected chi connectivity index (χ4v) is 4.07. The van der Waals surface area contributed by atoms with Gasteiger partial charge in [-0.25, -0.2) is 9.59 Å². The minimum absolute atomic E-state index is 0.0470. The second-order valence-electron chi connectivity index (χ2n) is 11.6. The van der Waals surface area contributed by atoms with Crippen LogP contribution >= 0.6 is 15.9 Å². The van der Waals surface area contributed by atoms with Crippen LogP contribution in [-0.2, 0) is 32.1 Å². The van der Waals surface area contributed by atoms with E-state index in [1.807, 2.05) is 38.1 Å². The van der Waals surface area contributed by atoms with Gasteiger partial charge in [0.1, 0.15) is 30.0 Å². The summed E-state index contributed by atoms with van der Waals surface area (Å²) in [7, 11) is 0. The van der Waals surface area contributed by atoms with Crippen molar-refractivity contribution >= 4 is 40.0 Å². The van der Waals surface area contributed by atoms with Crippen LogP contribution in [0.1, 0.15) is 59.6 Å². The minimum Gasteiger partial charge on any atom is -0.444 e. The average molecular weight is 649 g/mol. The van der Waals surface area contributed by atoms with Gasteiger partial charge in [0.15, 0.2) is 0 Å². The fourth-order valence-electron chi connectivity index (χ4n) is 3.68. The molecule has 10 nitrogen and oxygen atoms in total. The van der Waals surface area contributed by atoms with E-state index in [0.717, 1.165) is 15.6 Å². The van der Waals surface area contributed by atoms with Gasteiger partial charge in [0.05, 0.1) is 0 Å². The van der Waals surface area contributed by atoms with Gasteiger partial charge in [-0.15, -0.1) is 0 Å². The zero-order valence-electron chi connectivity index (χ0n) is 25.3. The number of carbonyl (C=O) groups is 4. The minimum atomic E-state index is -0.918. The van der Waals surface area contributed by atoms with Crippen molar-refractivity contribution in [2.45, 2.75) is 79.2 Å². The number of halogens is 1. The molecule has 0 aliphatic rings. The van der Waals surface area contributed by atoms with Gasteiger partial charge in [-0.3, -0.25) is 9.59 Å². The summed E-state index contributed by atoms with van der Waals surface area (Å²) < 4.78 is 16.6. The third kappa shape index (κ3) is 12.5. The molecule has 0 aromatic heterocycles. The van der Waals surface area contributed by atoms with E-state index in [0.29, 0.717) is 6.54 Å². The lowest BCUT2D eigenvalue weighted by Gasteiger charge is -2.27. The first-order valence-electron chi connectivity index (χ1n) is 13.9. The van der Waals surface area contributed by atoms with Crippen LogP contribution in [0.2, 0.25) is 0 Å². The predicted octanol–water partition coefficient (Wildman–Crippen LogP) is 5.51. The maximum absolute atomic E-state index is 13.3. The van der Waals surface area contributed by atoms with Gasteiger partial charge >= 0.3 is 12.2 Å². The van der Waals surface area contributed by atoms with Crippen LogP contribution in [0.5, 0.6) is 5.75 Å². The molecular formula is C31H42BrN3O7. The predicted molar refractivity (Wildman–Crippen MR) is 163 cm³/mol. The lowest BCUT2D eigenvalue weighted by atomic mass is 10.0. The monoisotopic (exact) mass is 647 g/mol. The van der Waals surface area contributed by atoms with Gasteiger partial charge in [0, 0.05) is 23.0 Å². The summed E-state index contributed by atoms with van der Waals surface area (Å²) in [5.41, 5.74) is 0.789. The third-order valence-corrected chi connectivity index (χ3v) is 6.58. The van der Waals surface area contributed by atoms with E-state index in [4.69, 9.17) is 14.2 Å². The molecule has 0 saturated heterocycles. The van der Waals surface area contributed by atoms with Gasteiger partial charge in [-0.05, 0) is 56.4 Å². The van der Waals surface area contributed by atoms with Crippen molar-refractivity contribution in [1.82, 2.24) is 16.0 Å². The lowest BCUT2D eigenvalue weighted by molar-refractivity contribution is -0.130. The Kier molecular flexibility index (Phi) is 13.3. The summed E-state index contributed by atoms with van der Waals surface area (Å²) in [6.45, 7) is 13.2. The molecule has 0 radical (unpaired) electrons. The second kappa shape index (κ2) is 16.1. The summed E-state index contributed by atoms with van der Waals surface area (Å²) in [6, 6.07) is 12.1. The Balaban J connectivity index is 2.08. The van der Waals surface area contributed by atoms with Crippen LogP contribution in [0.15, 0.2) is 53.0 Å². The zero-order chi connectivity index (χ0) is 31.4. The Morgan fingerprint density at radius 1 is 0.881 bits per heavy atom. The molecule has 42 heavy (non-hydrogen) atoms. The maximum Gasteiger partial charge on any atom is 0.514 e. The van der Waals surface area contributed by atoms with Crippen LogP contribution in [-0.4, -0.2) is 48.3 Å². The Morgan fingerprint density at radius 3 is 2.10 bits per heavy atom. The van der Waals surface area contributed by atoms with E-state index in [1.54, 1.807) is 58.9 Å². The molecule has 0 saturated carbocycles.